The summed E-state index contributed by atoms with van der Waals surface area (Å²) in [5, 5.41) is 5.72. The normalized spacial score (nSPS) is 12.9. The molecule has 0 radical (unpaired) electrons. The summed E-state index contributed by atoms with van der Waals surface area (Å²) in [6.45, 7) is 5.32. The Morgan fingerprint density at radius 3 is 2.71 bits per heavy atom. The minimum absolute atomic E-state index is 0.412. The summed E-state index contributed by atoms with van der Waals surface area (Å²) < 4.78 is 0.873. The molecule has 4 heteroatoms. The van der Waals surface area contributed by atoms with Gasteiger partial charge in [-0.3, -0.25) is 0 Å². The van der Waals surface area contributed by atoms with E-state index in [1.54, 1.807) is 11.3 Å². The van der Waals surface area contributed by atoms with Gasteiger partial charge in [0.1, 0.15) is 0 Å². The first kappa shape index (κ1) is 13.1. The first-order valence-electron chi connectivity index (χ1n) is 5.72. The molecule has 0 amide bonds. The summed E-state index contributed by atoms with van der Waals surface area (Å²) in [5.41, 5.74) is 1.38. The molecule has 0 bridgehead atoms. The van der Waals surface area contributed by atoms with E-state index in [0.29, 0.717) is 6.04 Å². The molecule has 1 N–H and O–H groups in total. The molecule has 0 saturated heterocycles. The Labute approximate surface area is 115 Å². The number of hydrogen-bond donors (Lipinski definition) is 1. The molecular weight excluding hydrogens is 270 g/mol. The first-order chi connectivity index (χ1) is 8.20. The molecule has 1 nitrogen and oxygen atoms in total. The van der Waals surface area contributed by atoms with Crippen LogP contribution in [-0.4, -0.2) is 6.54 Å². The summed E-state index contributed by atoms with van der Waals surface area (Å²) in [5.74, 6) is 0. The van der Waals surface area contributed by atoms with Crippen molar-refractivity contribution in [1.29, 1.82) is 0 Å². The zero-order valence-corrected chi connectivity index (χ0v) is 12.4. The highest BCUT2D eigenvalue weighted by atomic mass is 35.5. The SMILES string of the molecule is CCNC(Cc1ccc(Cl)s1)c1sccc1C. The van der Waals surface area contributed by atoms with Crippen LogP contribution in [0.1, 0.15) is 28.3 Å². The highest BCUT2D eigenvalue weighted by molar-refractivity contribution is 7.16. The van der Waals surface area contributed by atoms with Gasteiger partial charge in [0.15, 0.2) is 0 Å². The van der Waals surface area contributed by atoms with Crippen molar-refractivity contribution in [3.63, 3.8) is 0 Å². The van der Waals surface area contributed by atoms with Gasteiger partial charge in [-0.15, -0.1) is 22.7 Å². The van der Waals surface area contributed by atoms with Gasteiger partial charge in [0, 0.05) is 22.2 Å². The lowest BCUT2D eigenvalue weighted by Crippen LogP contribution is -2.22. The van der Waals surface area contributed by atoms with E-state index in [1.165, 1.54) is 15.3 Å². The van der Waals surface area contributed by atoms with Crippen LogP contribution in [0.3, 0.4) is 0 Å². The molecule has 2 aromatic rings. The van der Waals surface area contributed by atoms with Crippen LogP contribution in [0.25, 0.3) is 0 Å². The van der Waals surface area contributed by atoms with Gasteiger partial charge in [-0.2, -0.15) is 0 Å². The van der Waals surface area contributed by atoms with E-state index in [1.807, 2.05) is 17.4 Å². The lowest BCUT2D eigenvalue weighted by molar-refractivity contribution is 0.559. The first-order valence-corrected chi connectivity index (χ1v) is 7.79. The van der Waals surface area contributed by atoms with Crippen LogP contribution in [0, 0.1) is 6.92 Å². The Balaban J connectivity index is 2.15. The maximum atomic E-state index is 5.98. The third kappa shape index (κ3) is 3.32. The van der Waals surface area contributed by atoms with Gasteiger partial charge < -0.3 is 5.32 Å². The number of nitrogens with one attached hydrogen (secondary N) is 1. The minimum atomic E-state index is 0.412. The number of halogens is 1. The zero-order chi connectivity index (χ0) is 12.3. The molecule has 0 aliphatic heterocycles. The smallest absolute Gasteiger partial charge is 0.0931 e. The topological polar surface area (TPSA) is 12.0 Å². The van der Waals surface area contributed by atoms with Crippen LogP contribution in [0.15, 0.2) is 23.6 Å². The third-order valence-electron chi connectivity index (χ3n) is 2.70. The van der Waals surface area contributed by atoms with Crippen LogP contribution in [0.5, 0.6) is 0 Å². The molecule has 0 aromatic carbocycles. The van der Waals surface area contributed by atoms with Crippen LogP contribution < -0.4 is 5.32 Å². The van der Waals surface area contributed by atoms with Gasteiger partial charge in [0.05, 0.1) is 4.34 Å². The highest BCUT2D eigenvalue weighted by Gasteiger charge is 2.15. The Kier molecular flexibility index (Phi) is 4.62. The molecule has 2 heterocycles. The fourth-order valence-corrected chi connectivity index (χ4v) is 4.04. The van der Waals surface area contributed by atoms with E-state index in [-0.39, 0.29) is 0 Å². The van der Waals surface area contributed by atoms with Crippen molar-refractivity contribution < 1.29 is 0 Å². The lowest BCUT2D eigenvalue weighted by Gasteiger charge is -2.16. The molecule has 0 aliphatic carbocycles. The largest absolute Gasteiger partial charge is 0.309 e. The standard InChI is InChI=1S/C13H16ClNS2/c1-3-15-11(13-9(2)6-7-16-13)8-10-4-5-12(14)17-10/h4-7,11,15H,3,8H2,1-2H3. The van der Waals surface area contributed by atoms with Crippen molar-refractivity contribution in [2.75, 3.05) is 6.54 Å². The quantitative estimate of drug-likeness (QED) is 0.842. The van der Waals surface area contributed by atoms with Gasteiger partial charge in [0.2, 0.25) is 0 Å². The minimum Gasteiger partial charge on any atom is -0.309 e. The van der Waals surface area contributed by atoms with Crippen molar-refractivity contribution in [1.82, 2.24) is 5.32 Å². The second-order valence-electron chi connectivity index (χ2n) is 3.99. The number of thiophene rings is 2. The number of rotatable bonds is 5. The van der Waals surface area contributed by atoms with Gasteiger partial charge >= 0.3 is 0 Å². The van der Waals surface area contributed by atoms with E-state index >= 15 is 0 Å². The molecule has 2 aromatic heterocycles. The second-order valence-corrected chi connectivity index (χ2v) is 6.74. The lowest BCUT2D eigenvalue weighted by atomic mass is 10.1. The Morgan fingerprint density at radius 1 is 1.35 bits per heavy atom. The van der Waals surface area contributed by atoms with Crippen molar-refractivity contribution in [3.05, 3.63) is 43.2 Å². The molecular formula is C13H16ClNS2. The second kappa shape index (κ2) is 6.01. The fraction of sp³-hybridized carbons (Fsp3) is 0.385. The van der Waals surface area contributed by atoms with Gasteiger partial charge in [-0.25, -0.2) is 0 Å². The number of likely N-dealkylation sites (N-methyl/N-ethyl adjacent to an activating group) is 1. The summed E-state index contributed by atoms with van der Waals surface area (Å²) in [4.78, 5) is 2.78. The van der Waals surface area contributed by atoms with Gasteiger partial charge in [-0.05, 0) is 42.6 Å². The van der Waals surface area contributed by atoms with Crippen LogP contribution >= 0.6 is 34.3 Å². The summed E-state index contributed by atoms with van der Waals surface area (Å²) in [6, 6.07) is 6.70. The monoisotopic (exact) mass is 285 g/mol. The Morgan fingerprint density at radius 2 is 2.18 bits per heavy atom. The van der Waals surface area contributed by atoms with E-state index in [2.05, 4.69) is 36.7 Å². The predicted octanol–water partition coefficient (Wildman–Crippen LogP) is 4.66. The maximum Gasteiger partial charge on any atom is 0.0931 e. The molecule has 1 unspecified atom stereocenters. The Bertz CT molecular complexity index is 475. The van der Waals surface area contributed by atoms with Crippen molar-refractivity contribution in [3.8, 4) is 0 Å². The maximum absolute atomic E-state index is 5.98. The zero-order valence-electron chi connectivity index (χ0n) is 10.00. The molecule has 92 valence electrons. The molecule has 17 heavy (non-hydrogen) atoms. The summed E-state index contributed by atoms with van der Waals surface area (Å²) in [7, 11) is 0. The Hall–Kier alpha value is -0.350. The van der Waals surface area contributed by atoms with E-state index in [9.17, 15) is 0 Å². The van der Waals surface area contributed by atoms with Crippen LogP contribution in [-0.2, 0) is 6.42 Å². The van der Waals surface area contributed by atoms with Crippen LogP contribution in [0.4, 0.5) is 0 Å². The van der Waals surface area contributed by atoms with E-state index in [0.717, 1.165) is 17.3 Å². The molecule has 0 saturated carbocycles. The molecule has 1 atom stereocenters. The fourth-order valence-electron chi connectivity index (χ4n) is 1.91. The van der Waals surface area contributed by atoms with Crippen molar-refractivity contribution in [2.45, 2.75) is 26.3 Å². The molecule has 0 fully saturated rings. The third-order valence-corrected chi connectivity index (χ3v) is 5.09. The predicted molar refractivity (Wildman–Crippen MR) is 78.5 cm³/mol. The van der Waals surface area contributed by atoms with Crippen LogP contribution in [0.2, 0.25) is 4.34 Å². The van der Waals surface area contributed by atoms with E-state index < -0.39 is 0 Å². The van der Waals surface area contributed by atoms with Gasteiger partial charge in [0.25, 0.3) is 0 Å². The number of aryl methyl sites for hydroxylation is 1. The molecule has 0 spiro atoms. The van der Waals surface area contributed by atoms with Gasteiger partial charge in [-0.1, -0.05) is 18.5 Å². The molecule has 2 rings (SSSR count). The summed E-state index contributed by atoms with van der Waals surface area (Å²) in [6.07, 6.45) is 1.02. The average Bonchev–Trinajstić information content (AvgIpc) is 2.87. The number of hydrogen-bond acceptors (Lipinski definition) is 3. The van der Waals surface area contributed by atoms with E-state index in [4.69, 9.17) is 11.6 Å². The summed E-state index contributed by atoms with van der Waals surface area (Å²) >= 11 is 9.49. The highest BCUT2D eigenvalue weighted by Crippen LogP contribution is 2.30. The average molecular weight is 286 g/mol. The molecule has 0 aliphatic rings. The van der Waals surface area contributed by atoms with Crippen molar-refractivity contribution >= 4 is 34.3 Å². The van der Waals surface area contributed by atoms with Crippen molar-refractivity contribution in [2.24, 2.45) is 0 Å².